The smallest absolute Gasteiger partial charge is 0.181 e. The molecule has 1 aromatic rings. The van der Waals surface area contributed by atoms with Gasteiger partial charge in [0.25, 0.3) is 0 Å². The van der Waals surface area contributed by atoms with Crippen LogP contribution in [0.25, 0.3) is 0 Å². The summed E-state index contributed by atoms with van der Waals surface area (Å²) in [6, 6.07) is 3.32. The van der Waals surface area contributed by atoms with Gasteiger partial charge in [0.15, 0.2) is 12.4 Å². The maximum atomic E-state index is 10.6. The van der Waals surface area contributed by atoms with E-state index in [0.717, 1.165) is 10.3 Å². The highest BCUT2D eigenvalue weighted by Gasteiger charge is 1.89. The minimum atomic E-state index is 0.547. The van der Waals surface area contributed by atoms with Crippen LogP contribution < -0.4 is 4.73 Å². The average molecular weight is 166 g/mol. The molecule has 4 nitrogen and oxygen atoms in total. The Balaban J connectivity index is 2.58. The second kappa shape index (κ2) is 4.33. The van der Waals surface area contributed by atoms with Crippen LogP contribution in [0, 0.1) is 5.21 Å². The van der Waals surface area contributed by atoms with E-state index in [2.05, 4.69) is 5.16 Å². The van der Waals surface area contributed by atoms with Crippen molar-refractivity contribution in [3.05, 3.63) is 35.3 Å². The first-order valence-corrected chi connectivity index (χ1v) is 3.67. The molecule has 0 aliphatic heterocycles. The lowest BCUT2D eigenvalue weighted by atomic mass is 10.3. The van der Waals surface area contributed by atoms with E-state index in [1.54, 1.807) is 18.3 Å². The second-order valence-electron chi connectivity index (χ2n) is 2.14. The van der Waals surface area contributed by atoms with Crippen molar-refractivity contribution in [3.8, 4) is 0 Å². The van der Waals surface area contributed by atoms with E-state index in [1.165, 1.54) is 12.4 Å². The van der Waals surface area contributed by atoms with Crippen LogP contribution in [0.3, 0.4) is 0 Å². The molecule has 0 aromatic carbocycles. The third kappa shape index (κ3) is 2.57. The molecular formula is C8H10N2O2. The molecule has 0 spiro atoms. The van der Waals surface area contributed by atoms with Gasteiger partial charge in [0.2, 0.25) is 0 Å². The molecule has 64 valence electrons. The fourth-order valence-electron chi connectivity index (χ4n) is 0.683. The summed E-state index contributed by atoms with van der Waals surface area (Å²) in [6.07, 6.45) is 4.38. The highest BCUT2D eigenvalue weighted by atomic mass is 16.6. The third-order valence-corrected chi connectivity index (χ3v) is 1.23. The SMILES string of the molecule is CCON=Cc1cc[n+]([O-])cc1. The van der Waals surface area contributed by atoms with Crippen molar-refractivity contribution in [2.24, 2.45) is 5.16 Å². The first-order valence-electron chi connectivity index (χ1n) is 3.67. The Morgan fingerprint density at radius 1 is 1.58 bits per heavy atom. The summed E-state index contributed by atoms with van der Waals surface area (Å²) in [7, 11) is 0. The van der Waals surface area contributed by atoms with Gasteiger partial charge in [-0.3, -0.25) is 0 Å². The summed E-state index contributed by atoms with van der Waals surface area (Å²) in [5.41, 5.74) is 0.843. The van der Waals surface area contributed by atoms with Gasteiger partial charge in [0, 0.05) is 17.7 Å². The Morgan fingerprint density at radius 2 is 2.25 bits per heavy atom. The molecule has 0 fully saturated rings. The van der Waals surface area contributed by atoms with Crippen molar-refractivity contribution in [2.75, 3.05) is 6.61 Å². The van der Waals surface area contributed by atoms with Crippen LogP contribution in [0.4, 0.5) is 0 Å². The van der Waals surface area contributed by atoms with Crippen molar-refractivity contribution in [1.29, 1.82) is 0 Å². The van der Waals surface area contributed by atoms with Crippen molar-refractivity contribution in [3.63, 3.8) is 0 Å². The molecule has 0 saturated carbocycles. The molecule has 0 unspecified atom stereocenters. The monoisotopic (exact) mass is 166 g/mol. The average Bonchev–Trinajstić information content (AvgIpc) is 2.09. The van der Waals surface area contributed by atoms with Gasteiger partial charge in [-0.15, -0.1) is 0 Å². The predicted molar refractivity (Wildman–Crippen MR) is 44.6 cm³/mol. The molecule has 4 heteroatoms. The number of nitrogens with zero attached hydrogens (tertiary/aromatic N) is 2. The quantitative estimate of drug-likeness (QED) is 0.287. The molecule has 12 heavy (non-hydrogen) atoms. The van der Waals surface area contributed by atoms with Crippen molar-refractivity contribution in [1.82, 2.24) is 0 Å². The standard InChI is InChI=1S/C8H10N2O2/c1-2-12-9-7-8-3-5-10(11)6-4-8/h3-7H,2H2,1H3. The van der Waals surface area contributed by atoms with Crippen molar-refractivity contribution in [2.45, 2.75) is 6.92 Å². The lowest BCUT2D eigenvalue weighted by Crippen LogP contribution is -2.23. The normalized spacial score (nSPS) is 10.4. The van der Waals surface area contributed by atoms with Crippen LogP contribution in [-0.4, -0.2) is 12.8 Å². The largest absolute Gasteiger partial charge is 0.619 e. The molecule has 0 bridgehead atoms. The van der Waals surface area contributed by atoms with Gasteiger partial charge in [-0.2, -0.15) is 4.73 Å². The molecule has 0 N–H and O–H groups in total. The number of oxime groups is 1. The fraction of sp³-hybridized carbons (Fsp3) is 0.250. The third-order valence-electron chi connectivity index (χ3n) is 1.23. The Morgan fingerprint density at radius 3 is 2.83 bits per heavy atom. The summed E-state index contributed by atoms with van der Waals surface area (Å²) in [5, 5.41) is 14.2. The summed E-state index contributed by atoms with van der Waals surface area (Å²) in [5.74, 6) is 0. The lowest BCUT2D eigenvalue weighted by Gasteiger charge is -1.94. The van der Waals surface area contributed by atoms with Crippen LogP contribution >= 0.6 is 0 Å². The predicted octanol–water partition coefficient (Wildman–Crippen LogP) is 0.690. The first kappa shape index (κ1) is 8.52. The van der Waals surface area contributed by atoms with Crippen molar-refractivity contribution < 1.29 is 9.57 Å². The van der Waals surface area contributed by atoms with E-state index < -0.39 is 0 Å². The molecule has 1 rings (SSSR count). The van der Waals surface area contributed by atoms with Gasteiger partial charge in [-0.1, -0.05) is 5.16 Å². The molecule has 0 radical (unpaired) electrons. The molecule has 0 saturated heterocycles. The van der Waals surface area contributed by atoms with Crippen LogP contribution in [0.2, 0.25) is 0 Å². The molecule has 0 aliphatic carbocycles. The first-order chi connectivity index (χ1) is 5.83. The minimum absolute atomic E-state index is 0.547. The van der Waals surface area contributed by atoms with E-state index in [-0.39, 0.29) is 0 Å². The molecule has 1 aromatic heterocycles. The summed E-state index contributed by atoms with van der Waals surface area (Å²) in [4.78, 5) is 4.75. The minimum Gasteiger partial charge on any atom is -0.619 e. The van der Waals surface area contributed by atoms with Crippen LogP contribution in [-0.2, 0) is 4.84 Å². The molecular weight excluding hydrogens is 156 g/mol. The zero-order chi connectivity index (χ0) is 8.81. The zero-order valence-electron chi connectivity index (χ0n) is 6.80. The second-order valence-corrected chi connectivity index (χ2v) is 2.14. The molecule has 0 atom stereocenters. The van der Waals surface area contributed by atoms with Crippen LogP contribution in [0.1, 0.15) is 12.5 Å². The summed E-state index contributed by atoms with van der Waals surface area (Å²) < 4.78 is 0.720. The lowest BCUT2D eigenvalue weighted by molar-refractivity contribution is -0.605. The number of hydrogen-bond acceptors (Lipinski definition) is 3. The van der Waals surface area contributed by atoms with Gasteiger partial charge >= 0.3 is 0 Å². The van der Waals surface area contributed by atoms with Crippen LogP contribution in [0.15, 0.2) is 29.7 Å². The van der Waals surface area contributed by atoms with E-state index in [4.69, 9.17) is 4.84 Å². The maximum Gasteiger partial charge on any atom is 0.181 e. The van der Waals surface area contributed by atoms with Crippen LogP contribution in [0.5, 0.6) is 0 Å². The Bertz CT molecular complexity index is 256. The van der Waals surface area contributed by atoms with E-state index in [0.29, 0.717) is 6.61 Å². The van der Waals surface area contributed by atoms with Gasteiger partial charge in [-0.25, -0.2) is 0 Å². The number of aromatic nitrogens is 1. The summed E-state index contributed by atoms with van der Waals surface area (Å²) >= 11 is 0. The highest BCUT2D eigenvalue weighted by molar-refractivity contribution is 5.78. The topological polar surface area (TPSA) is 48.5 Å². The number of hydrogen-bond donors (Lipinski definition) is 0. The van der Waals surface area contributed by atoms with Gasteiger partial charge < -0.3 is 10.0 Å². The highest BCUT2D eigenvalue weighted by Crippen LogP contribution is 1.89. The Kier molecular flexibility index (Phi) is 3.07. The fourth-order valence-corrected chi connectivity index (χ4v) is 0.683. The van der Waals surface area contributed by atoms with Gasteiger partial charge in [0.1, 0.15) is 6.61 Å². The Labute approximate surface area is 70.7 Å². The molecule has 0 amide bonds. The van der Waals surface area contributed by atoms with E-state index in [9.17, 15) is 5.21 Å². The van der Waals surface area contributed by atoms with E-state index in [1.807, 2.05) is 6.92 Å². The van der Waals surface area contributed by atoms with Gasteiger partial charge in [0.05, 0.1) is 6.21 Å². The molecule has 1 heterocycles. The number of pyridine rings is 1. The Hall–Kier alpha value is -1.58. The maximum absolute atomic E-state index is 10.6. The van der Waals surface area contributed by atoms with Gasteiger partial charge in [-0.05, 0) is 6.92 Å². The van der Waals surface area contributed by atoms with Crippen molar-refractivity contribution >= 4 is 6.21 Å². The summed E-state index contributed by atoms with van der Waals surface area (Å²) in [6.45, 7) is 2.40. The molecule has 0 aliphatic rings. The zero-order valence-corrected chi connectivity index (χ0v) is 6.80. The number of rotatable bonds is 3. The van der Waals surface area contributed by atoms with E-state index >= 15 is 0 Å².